The molecule has 0 aliphatic heterocycles. The molecule has 0 bridgehead atoms. The van der Waals surface area contributed by atoms with Crippen molar-refractivity contribution in [1.82, 2.24) is 0 Å². The maximum atomic E-state index is 10.9. The van der Waals surface area contributed by atoms with E-state index in [9.17, 15) is 4.79 Å². The maximum Gasteiger partial charge on any atom is 0.337 e. The number of carboxylic acids is 1. The molecule has 0 aliphatic rings. The number of halogens is 1. The molecule has 0 atom stereocenters. The molecule has 0 saturated heterocycles. The van der Waals surface area contributed by atoms with Crippen molar-refractivity contribution in [3.63, 3.8) is 0 Å². The van der Waals surface area contributed by atoms with E-state index in [1.54, 1.807) is 6.07 Å². The Bertz CT molecular complexity index is 823. The molecule has 0 aliphatic carbocycles. The van der Waals surface area contributed by atoms with Crippen LogP contribution in [0.5, 0.6) is 5.75 Å². The van der Waals surface area contributed by atoms with Crippen LogP contribution in [0, 0.1) is 0 Å². The lowest BCUT2D eigenvalue weighted by Crippen LogP contribution is -2.11. The Morgan fingerprint density at radius 2 is 1.78 bits per heavy atom. The fourth-order valence-corrected chi connectivity index (χ4v) is 2.61. The Balaban J connectivity index is 1.83. The molecule has 144 valence electrons. The molecule has 0 saturated carbocycles. The summed E-state index contributed by atoms with van der Waals surface area (Å²) >= 11 is 5.90. The highest BCUT2D eigenvalue weighted by molar-refractivity contribution is 6.33. The van der Waals surface area contributed by atoms with Crippen LogP contribution in [0.4, 0.5) is 0 Å². The summed E-state index contributed by atoms with van der Waals surface area (Å²) in [6, 6.07) is 12.7. The number of nitrogens with zero attached hydrogens (tertiary/aromatic N) is 1. The largest absolute Gasteiger partial charge is 0.490 e. The molecule has 0 heterocycles. The molecular formula is C21H24ClNO4. The average molecular weight is 390 g/mol. The fraction of sp³-hybridized carbons (Fsp3) is 0.333. The van der Waals surface area contributed by atoms with Gasteiger partial charge in [0.1, 0.15) is 12.4 Å². The van der Waals surface area contributed by atoms with Gasteiger partial charge in [-0.15, -0.1) is 0 Å². The van der Waals surface area contributed by atoms with Gasteiger partial charge in [0, 0.05) is 0 Å². The number of carboxylic acid groups (broad SMARTS) is 1. The summed E-state index contributed by atoms with van der Waals surface area (Å²) in [4.78, 5) is 16.2. The first-order chi connectivity index (χ1) is 12.7. The summed E-state index contributed by atoms with van der Waals surface area (Å²) in [5.41, 5.74) is 3.20. The van der Waals surface area contributed by atoms with Crippen LogP contribution in [0.2, 0.25) is 5.02 Å². The van der Waals surface area contributed by atoms with Crippen LogP contribution in [0.3, 0.4) is 0 Å². The van der Waals surface area contributed by atoms with Gasteiger partial charge in [0.15, 0.2) is 6.61 Å². The van der Waals surface area contributed by atoms with Gasteiger partial charge >= 0.3 is 5.97 Å². The van der Waals surface area contributed by atoms with E-state index in [-0.39, 0.29) is 29.2 Å². The average Bonchev–Trinajstić information content (AvgIpc) is 2.60. The topological polar surface area (TPSA) is 68.1 Å². The zero-order valence-electron chi connectivity index (χ0n) is 16.0. The molecule has 6 heteroatoms. The second kappa shape index (κ2) is 8.91. The Hall–Kier alpha value is -2.53. The van der Waals surface area contributed by atoms with E-state index in [1.807, 2.05) is 19.1 Å². The van der Waals surface area contributed by atoms with Gasteiger partial charge in [0.05, 0.1) is 16.3 Å². The smallest absolute Gasteiger partial charge is 0.337 e. The molecular weight excluding hydrogens is 366 g/mol. The Morgan fingerprint density at radius 3 is 2.33 bits per heavy atom. The summed E-state index contributed by atoms with van der Waals surface area (Å²) in [7, 11) is 0. The van der Waals surface area contributed by atoms with Crippen molar-refractivity contribution < 1.29 is 19.5 Å². The highest BCUT2D eigenvalue weighted by Crippen LogP contribution is 2.23. The van der Waals surface area contributed by atoms with Crippen LogP contribution < -0.4 is 4.74 Å². The van der Waals surface area contributed by atoms with Gasteiger partial charge in [-0.25, -0.2) is 4.79 Å². The zero-order valence-corrected chi connectivity index (χ0v) is 16.7. The molecule has 1 N–H and O–H groups in total. The summed E-state index contributed by atoms with van der Waals surface area (Å²) in [6.45, 7) is 8.94. The number of aromatic carboxylic acids is 1. The van der Waals surface area contributed by atoms with E-state index in [1.165, 1.54) is 17.7 Å². The van der Waals surface area contributed by atoms with Gasteiger partial charge in [-0.1, -0.05) is 61.8 Å². The van der Waals surface area contributed by atoms with Gasteiger partial charge in [-0.2, -0.15) is 0 Å². The van der Waals surface area contributed by atoms with Crippen LogP contribution in [-0.2, 0) is 10.3 Å². The first kappa shape index (κ1) is 20.8. The highest BCUT2D eigenvalue weighted by Gasteiger charge is 2.13. The predicted molar refractivity (Wildman–Crippen MR) is 107 cm³/mol. The minimum Gasteiger partial charge on any atom is -0.490 e. The first-order valence-electron chi connectivity index (χ1n) is 8.61. The van der Waals surface area contributed by atoms with Gasteiger partial charge in [-0.05, 0) is 41.7 Å². The summed E-state index contributed by atoms with van der Waals surface area (Å²) in [6.07, 6.45) is 0. The molecule has 5 nitrogen and oxygen atoms in total. The van der Waals surface area contributed by atoms with Crippen LogP contribution in [0.1, 0.15) is 49.2 Å². The van der Waals surface area contributed by atoms with Crippen molar-refractivity contribution in [2.45, 2.75) is 33.1 Å². The van der Waals surface area contributed by atoms with Crippen molar-refractivity contribution in [3.05, 3.63) is 64.2 Å². The molecule has 0 fully saturated rings. The molecule has 0 spiro atoms. The first-order valence-corrected chi connectivity index (χ1v) is 8.99. The third-order valence-corrected chi connectivity index (χ3v) is 4.30. The quantitative estimate of drug-likeness (QED) is 0.403. The van der Waals surface area contributed by atoms with Gasteiger partial charge in [0.2, 0.25) is 0 Å². The Kier molecular flexibility index (Phi) is 6.86. The number of hydrogen-bond acceptors (Lipinski definition) is 4. The van der Waals surface area contributed by atoms with Gasteiger partial charge in [0.25, 0.3) is 0 Å². The molecule has 0 unspecified atom stereocenters. The summed E-state index contributed by atoms with van der Waals surface area (Å²) in [5, 5.41) is 13.2. The molecule has 2 aromatic rings. The SMILES string of the molecule is C/C(=N\OCCOc1ccc(C(=O)O)c(Cl)c1)c1ccc(C(C)(C)C)cc1. The summed E-state index contributed by atoms with van der Waals surface area (Å²) < 4.78 is 5.49. The predicted octanol–water partition coefficient (Wildman–Crippen LogP) is 5.16. The monoisotopic (exact) mass is 389 g/mol. The normalized spacial score (nSPS) is 12.0. The van der Waals surface area contributed by atoms with E-state index in [4.69, 9.17) is 26.3 Å². The number of oxime groups is 1. The fourth-order valence-electron chi connectivity index (χ4n) is 2.36. The minimum atomic E-state index is -1.07. The zero-order chi connectivity index (χ0) is 20.0. The third-order valence-electron chi connectivity index (χ3n) is 3.98. The molecule has 2 rings (SSSR count). The van der Waals surface area contributed by atoms with E-state index in [0.717, 1.165) is 11.3 Å². The van der Waals surface area contributed by atoms with E-state index < -0.39 is 5.97 Å². The lowest BCUT2D eigenvalue weighted by Gasteiger charge is -2.19. The second-order valence-corrected chi connectivity index (χ2v) is 7.54. The maximum absolute atomic E-state index is 10.9. The lowest BCUT2D eigenvalue weighted by atomic mass is 9.86. The van der Waals surface area contributed by atoms with Crippen LogP contribution in [0.25, 0.3) is 0 Å². The van der Waals surface area contributed by atoms with Gasteiger partial charge in [-0.3, -0.25) is 0 Å². The molecule has 0 aromatic heterocycles. The number of rotatable bonds is 7. The van der Waals surface area contributed by atoms with E-state index >= 15 is 0 Å². The second-order valence-electron chi connectivity index (χ2n) is 7.13. The minimum absolute atomic E-state index is 0.0398. The molecule has 0 radical (unpaired) electrons. The molecule has 27 heavy (non-hydrogen) atoms. The van der Waals surface area contributed by atoms with Crippen molar-refractivity contribution in [1.29, 1.82) is 0 Å². The summed E-state index contributed by atoms with van der Waals surface area (Å²) in [5.74, 6) is -0.595. The van der Waals surface area contributed by atoms with Crippen molar-refractivity contribution in [2.24, 2.45) is 5.16 Å². The molecule has 0 amide bonds. The van der Waals surface area contributed by atoms with Gasteiger partial charge < -0.3 is 14.7 Å². The van der Waals surface area contributed by atoms with Crippen LogP contribution in [0.15, 0.2) is 47.6 Å². The van der Waals surface area contributed by atoms with Crippen LogP contribution in [-0.4, -0.2) is 30.0 Å². The van der Waals surface area contributed by atoms with Crippen molar-refractivity contribution in [3.8, 4) is 5.75 Å². The standard InChI is InChI=1S/C21H24ClNO4/c1-14(15-5-7-16(8-6-15)21(2,3)4)23-27-12-11-26-17-9-10-18(20(24)25)19(22)13-17/h5-10,13H,11-12H2,1-4H3,(H,24,25)/b23-14+. The van der Waals surface area contributed by atoms with E-state index in [0.29, 0.717) is 5.75 Å². The lowest BCUT2D eigenvalue weighted by molar-refractivity contribution is 0.0697. The number of hydrogen-bond donors (Lipinski definition) is 1. The number of ether oxygens (including phenoxy) is 1. The Labute approximate surface area is 164 Å². The highest BCUT2D eigenvalue weighted by atomic mass is 35.5. The van der Waals surface area contributed by atoms with Crippen molar-refractivity contribution >= 4 is 23.3 Å². The van der Waals surface area contributed by atoms with Crippen LogP contribution >= 0.6 is 11.6 Å². The van der Waals surface area contributed by atoms with E-state index in [2.05, 4.69) is 38.1 Å². The third kappa shape index (κ3) is 6.00. The van der Waals surface area contributed by atoms with Crippen molar-refractivity contribution in [2.75, 3.05) is 13.2 Å². The number of carbonyl (C=O) groups is 1. The number of benzene rings is 2. The molecule has 2 aromatic carbocycles. The Morgan fingerprint density at radius 1 is 1.11 bits per heavy atom.